The van der Waals surface area contributed by atoms with Crippen LogP contribution in [0.25, 0.3) is 0 Å². The quantitative estimate of drug-likeness (QED) is 0.585. The van der Waals surface area contributed by atoms with Crippen LogP contribution in [0.15, 0.2) is 64.6 Å². The van der Waals surface area contributed by atoms with Crippen LogP contribution in [-0.2, 0) is 14.4 Å². The van der Waals surface area contributed by atoms with Crippen LogP contribution >= 0.6 is 11.8 Å². The number of anilines is 1. The second-order valence-electron chi connectivity index (χ2n) is 10.7. The lowest BCUT2D eigenvalue weighted by atomic mass is 9.95. The number of amidine groups is 2. The molecular formula is C30H34N6O3S. The van der Waals surface area contributed by atoms with E-state index >= 15 is 0 Å². The highest BCUT2D eigenvalue weighted by molar-refractivity contribution is 8.14. The molecule has 2 aromatic rings. The average Bonchev–Trinajstić information content (AvgIpc) is 3.32. The van der Waals surface area contributed by atoms with Gasteiger partial charge in [-0.2, -0.15) is 0 Å². The largest absolute Gasteiger partial charge is 0.368 e. The van der Waals surface area contributed by atoms with Crippen LogP contribution < -0.4 is 10.2 Å². The van der Waals surface area contributed by atoms with Gasteiger partial charge in [0.25, 0.3) is 5.91 Å². The molecule has 0 spiro atoms. The Morgan fingerprint density at radius 3 is 2.42 bits per heavy atom. The number of hydrogen-bond donors (Lipinski definition) is 1. The highest BCUT2D eigenvalue weighted by Crippen LogP contribution is 2.34. The maximum absolute atomic E-state index is 13.5. The van der Waals surface area contributed by atoms with E-state index in [1.165, 1.54) is 28.8 Å². The zero-order chi connectivity index (χ0) is 27.5. The van der Waals surface area contributed by atoms with E-state index in [2.05, 4.69) is 22.3 Å². The molecule has 1 saturated carbocycles. The highest BCUT2D eigenvalue weighted by Gasteiger charge is 2.42. The minimum atomic E-state index is -0.794. The Hall–Kier alpha value is -3.66. The summed E-state index contributed by atoms with van der Waals surface area (Å²) in [5, 5.41) is 3.54. The van der Waals surface area contributed by atoms with E-state index in [1.807, 2.05) is 47.4 Å². The zero-order valence-electron chi connectivity index (χ0n) is 22.5. The van der Waals surface area contributed by atoms with Gasteiger partial charge in [0.2, 0.25) is 11.8 Å². The van der Waals surface area contributed by atoms with E-state index in [4.69, 9.17) is 9.98 Å². The Morgan fingerprint density at radius 1 is 0.925 bits per heavy atom. The minimum absolute atomic E-state index is 0.0140. The average molecular weight is 559 g/mol. The van der Waals surface area contributed by atoms with Crippen molar-refractivity contribution in [2.24, 2.45) is 9.98 Å². The highest BCUT2D eigenvalue weighted by atomic mass is 32.2. The molecule has 0 aromatic heterocycles. The van der Waals surface area contributed by atoms with Crippen LogP contribution in [0.1, 0.15) is 44.1 Å². The molecule has 10 heteroatoms. The van der Waals surface area contributed by atoms with Gasteiger partial charge in [0.15, 0.2) is 5.17 Å². The van der Waals surface area contributed by atoms with Crippen LogP contribution in [0.3, 0.4) is 0 Å². The fraction of sp³-hybridized carbons (Fsp3) is 0.433. The number of carbonyl (C=O) groups excluding carboxylic acids is 3. The molecular weight excluding hydrogens is 524 g/mol. The van der Waals surface area contributed by atoms with Gasteiger partial charge in [-0.25, -0.2) is 9.89 Å². The SMILES string of the molecule is O=C(C[C@@H]1N=C2c3ccccc3N=C(SCC(=O)N3CCN(c4ccccc4)CC3)N2C1=O)NC1CCCCC1. The first-order chi connectivity index (χ1) is 19.6. The van der Waals surface area contributed by atoms with Crippen molar-refractivity contribution in [3.63, 3.8) is 0 Å². The smallest absolute Gasteiger partial charge is 0.259 e. The summed E-state index contributed by atoms with van der Waals surface area (Å²) >= 11 is 1.26. The van der Waals surface area contributed by atoms with Crippen LogP contribution in [0.4, 0.5) is 11.4 Å². The Balaban J connectivity index is 1.10. The Morgan fingerprint density at radius 2 is 1.65 bits per heavy atom. The van der Waals surface area contributed by atoms with Crippen LogP contribution in [0, 0.1) is 0 Å². The van der Waals surface area contributed by atoms with E-state index < -0.39 is 6.04 Å². The number of hydrogen-bond acceptors (Lipinski definition) is 7. The maximum Gasteiger partial charge on any atom is 0.259 e. The molecule has 1 aliphatic carbocycles. The van der Waals surface area contributed by atoms with Gasteiger partial charge >= 0.3 is 0 Å². The number of fused-ring (bicyclic) bond motifs is 3. The van der Waals surface area contributed by atoms with Crippen molar-refractivity contribution < 1.29 is 14.4 Å². The number of nitrogens with zero attached hydrogens (tertiary/aromatic N) is 5. The molecule has 1 atom stereocenters. The van der Waals surface area contributed by atoms with Gasteiger partial charge in [0.05, 0.1) is 17.9 Å². The summed E-state index contributed by atoms with van der Waals surface area (Å²) in [6.45, 7) is 2.86. The topological polar surface area (TPSA) is 97.7 Å². The number of carbonyl (C=O) groups is 3. The van der Waals surface area contributed by atoms with Crippen molar-refractivity contribution in [2.75, 3.05) is 36.8 Å². The van der Waals surface area contributed by atoms with Crippen molar-refractivity contribution in [1.82, 2.24) is 15.1 Å². The molecule has 3 aliphatic heterocycles. The summed E-state index contributed by atoms with van der Waals surface area (Å²) in [4.78, 5) is 54.6. The minimum Gasteiger partial charge on any atom is -0.368 e. The van der Waals surface area contributed by atoms with E-state index in [0.29, 0.717) is 29.8 Å². The van der Waals surface area contributed by atoms with Gasteiger partial charge in [-0.1, -0.05) is 61.4 Å². The molecule has 1 N–H and O–H groups in total. The number of aliphatic imine (C=N–C) groups is 2. The number of benzene rings is 2. The molecule has 0 radical (unpaired) electrons. The van der Waals surface area contributed by atoms with Crippen molar-refractivity contribution in [3.05, 3.63) is 60.2 Å². The van der Waals surface area contributed by atoms with Crippen LogP contribution in [0.5, 0.6) is 0 Å². The Bertz CT molecular complexity index is 1330. The molecule has 4 aliphatic rings. The molecule has 40 heavy (non-hydrogen) atoms. The lowest BCUT2D eigenvalue weighted by Gasteiger charge is -2.36. The van der Waals surface area contributed by atoms with Gasteiger partial charge in [-0.3, -0.25) is 19.4 Å². The second-order valence-corrected chi connectivity index (χ2v) is 11.6. The molecule has 2 fully saturated rings. The zero-order valence-corrected chi connectivity index (χ0v) is 23.3. The van der Waals surface area contributed by atoms with E-state index in [-0.39, 0.29) is 35.9 Å². The predicted molar refractivity (Wildman–Crippen MR) is 158 cm³/mol. The fourth-order valence-corrected chi connectivity index (χ4v) is 6.72. The number of piperazine rings is 1. The summed E-state index contributed by atoms with van der Waals surface area (Å²) < 4.78 is 0. The Kier molecular flexibility index (Phi) is 7.86. The third-order valence-corrected chi connectivity index (χ3v) is 8.90. The van der Waals surface area contributed by atoms with E-state index in [9.17, 15) is 14.4 Å². The summed E-state index contributed by atoms with van der Waals surface area (Å²) in [6.07, 6.45) is 5.45. The van der Waals surface area contributed by atoms with Gasteiger partial charge < -0.3 is 15.1 Å². The normalized spacial score (nSPS) is 20.9. The molecule has 3 heterocycles. The molecule has 1 saturated heterocycles. The summed E-state index contributed by atoms with van der Waals surface area (Å²) in [5.74, 6) is 0.304. The fourth-order valence-electron chi connectivity index (χ4n) is 5.81. The molecule has 0 unspecified atom stereocenters. The lowest BCUT2D eigenvalue weighted by molar-refractivity contribution is -0.129. The number of nitrogens with one attached hydrogen (secondary N) is 1. The molecule has 3 amide bonds. The van der Waals surface area contributed by atoms with Crippen molar-refractivity contribution in [1.29, 1.82) is 0 Å². The third kappa shape index (κ3) is 5.63. The van der Waals surface area contributed by atoms with Gasteiger partial charge in [0.1, 0.15) is 11.9 Å². The van der Waals surface area contributed by atoms with Crippen LogP contribution in [-0.4, -0.2) is 82.5 Å². The number of rotatable bonds is 6. The number of amides is 3. The molecule has 9 nitrogen and oxygen atoms in total. The summed E-state index contributed by atoms with van der Waals surface area (Å²) in [6, 6.07) is 17.2. The summed E-state index contributed by atoms with van der Waals surface area (Å²) in [5.41, 5.74) is 2.64. The third-order valence-electron chi connectivity index (χ3n) is 7.98. The van der Waals surface area contributed by atoms with Crippen molar-refractivity contribution in [3.8, 4) is 0 Å². The first-order valence-electron chi connectivity index (χ1n) is 14.2. The second kappa shape index (κ2) is 11.8. The van der Waals surface area contributed by atoms with Crippen molar-refractivity contribution in [2.45, 2.75) is 50.6 Å². The van der Waals surface area contributed by atoms with Crippen LogP contribution in [0.2, 0.25) is 0 Å². The van der Waals surface area contributed by atoms with Gasteiger partial charge in [0, 0.05) is 43.5 Å². The number of para-hydroxylation sites is 2. The van der Waals surface area contributed by atoms with Crippen molar-refractivity contribution >= 4 is 51.9 Å². The lowest BCUT2D eigenvalue weighted by Crippen LogP contribution is -2.49. The first kappa shape index (κ1) is 26.6. The monoisotopic (exact) mass is 558 g/mol. The predicted octanol–water partition coefficient (Wildman–Crippen LogP) is 3.57. The Labute approximate surface area is 238 Å². The summed E-state index contributed by atoms with van der Waals surface area (Å²) in [7, 11) is 0. The van der Waals surface area contributed by atoms with Gasteiger partial charge in [-0.05, 0) is 37.1 Å². The standard InChI is InChI=1S/C30H34N6O3S/c37-26(31-21-9-3-1-4-10-21)19-25-29(39)36-28(32-25)23-13-7-8-14-24(23)33-30(36)40-20-27(38)35-17-15-34(16-18-35)22-11-5-2-6-12-22/h2,5-8,11-14,21,25H,1,3-4,9-10,15-20H2,(H,31,37)/t25-/m0/s1. The maximum atomic E-state index is 13.5. The molecule has 0 bridgehead atoms. The molecule has 208 valence electrons. The van der Waals surface area contributed by atoms with E-state index in [1.54, 1.807) is 0 Å². The molecule has 2 aromatic carbocycles. The number of thioether (sulfide) groups is 1. The first-order valence-corrected chi connectivity index (χ1v) is 15.1. The molecule has 6 rings (SSSR count). The van der Waals surface area contributed by atoms with E-state index in [0.717, 1.165) is 44.3 Å². The van der Waals surface area contributed by atoms with Gasteiger partial charge in [-0.15, -0.1) is 0 Å².